The topological polar surface area (TPSA) is 12.5 Å². The van der Waals surface area contributed by atoms with Gasteiger partial charge in [0.1, 0.15) is 5.75 Å². The molecule has 1 unspecified atom stereocenters. The molecular weight excluding hydrogens is 210 g/mol. The van der Waals surface area contributed by atoms with E-state index in [0.29, 0.717) is 0 Å². The molecular formula is C15H23NO. The molecule has 17 heavy (non-hydrogen) atoms. The van der Waals surface area contributed by atoms with Gasteiger partial charge in [0.25, 0.3) is 0 Å². The Balaban J connectivity index is 1.68. The van der Waals surface area contributed by atoms with Crippen LogP contribution in [-0.2, 0) is 0 Å². The third-order valence-electron chi connectivity index (χ3n) is 3.59. The van der Waals surface area contributed by atoms with Gasteiger partial charge >= 0.3 is 0 Å². The summed E-state index contributed by atoms with van der Waals surface area (Å²) in [6.07, 6.45) is 3.91. The lowest BCUT2D eigenvalue weighted by Crippen LogP contribution is -2.35. The van der Waals surface area contributed by atoms with Gasteiger partial charge in [-0.2, -0.15) is 0 Å². The second-order valence-corrected chi connectivity index (χ2v) is 4.85. The summed E-state index contributed by atoms with van der Waals surface area (Å²) in [5, 5.41) is 0. The third kappa shape index (κ3) is 4.04. The van der Waals surface area contributed by atoms with E-state index in [-0.39, 0.29) is 0 Å². The molecule has 0 aliphatic carbocycles. The fourth-order valence-corrected chi connectivity index (χ4v) is 2.53. The average molecular weight is 233 g/mol. The molecule has 1 atom stereocenters. The molecule has 0 N–H and O–H groups in total. The van der Waals surface area contributed by atoms with Crippen molar-refractivity contribution in [1.82, 2.24) is 4.90 Å². The smallest absolute Gasteiger partial charge is 0.119 e. The summed E-state index contributed by atoms with van der Waals surface area (Å²) in [7, 11) is 0. The number of likely N-dealkylation sites (tertiary alicyclic amines) is 1. The Morgan fingerprint density at radius 2 is 2.12 bits per heavy atom. The SMILES string of the molecule is CCN1CCCC(CCOc2ccccc2)C1. The number of ether oxygens (including phenoxy) is 1. The minimum absolute atomic E-state index is 0.826. The van der Waals surface area contributed by atoms with Gasteiger partial charge in [-0.05, 0) is 50.4 Å². The van der Waals surface area contributed by atoms with Gasteiger partial charge in [0.2, 0.25) is 0 Å². The van der Waals surface area contributed by atoms with E-state index in [2.05, 4.69) is 11.8 Å². The number of hydrogen-bond donors (Lipinski definition) is 0. The van der Waals surface area contributed by atoms with Crippen LogP contribution >= 0.6 is 0 Å². The van der Waals surface area contributed by atoms with Crippen molar-refractivity contribution in [2.45, 2.75) is 26.2 Å². The first kappa shape index (κ1) is 12.4. The van der Waals surface area contributed by atoms with Gasteiger partial charge in [-0.25, -0.2) is 0 Å². The van der Waals surface area contributed by atoms with E-state index in [0.717, 1.165) is 18.3 Å². The maximum atomic E-state index is 5.76. The number of rotatable bonds is 5. The van der Waals surface area contributed by atoms with Crippen LogP contribution in [0.2, 0.25) is 0 Å². The summed E-state index contributed by atoms with van der Waals surface area (Å²) >= 11 is 0. The predicted octanol–water partition coefficient (Wildman–Crippen LogP) is 3.19. The second kappa shape index (κ2) is 6.65. The van der Waals surface area contributed by atoms with Crippen LogP contribution in [0.3, 0.4) is 0 Å². The second-order valence-electron chi connectivity index (χ2n) is 4.85. The Hall–Kier alpha value is -1.02. The van der Waals surface area contributed by atoms with E-state index in [1.54, 1.807) is 0 Å². The van der Waals surface area contributed by atoms with Crippen molar-refractivity contribution in [3.8, 4) is 5.75 Å². The Morgan fingerprint density at radius 1 is 1.29 bits per heavy atom. The third-order valence-corrected chi connectivity index (χ3v) is 3.59. The quantitative estimate of drug-likeness (QED) is 0.774. The summed E-state index contributed by atoms with van der Waals surface area (Å²) in [6, 6.07) is 10.1. The largest absolute Gasteiger partial charge is 0.494 e. The lowest BCUT2D eigenvalue weighted by molar-refractivity contribution is 0.158. The Labute approximate surface area is 105 Å². The predicted molar refractivity (Wildman–Crippen MR) is 71.4 cm³/mol. The van der Waals surface area contributed by atoms with E-state index in [1.807, 2.05) is 30.3 Å². The molecule has 1 fully saturated rings. The molecule has 1 aliphatic heterocycles. The average Bonchev–Trinajstić information content (AvgIpc) is 2.40. The molecule has 0 radical (unpaired) electrons. The highest BCUT2D eigenvalue weighted by Crippen LogP contribution is 2.19. The molecule has 2 nitrogen and oxygen atoms in total. The lowest BCUT2D eigenvalue weighted by atomic mass is 9.95. The molecule has 1 aromatic carbocycles. The monoisotopic (exact) mass is 233 g/mol. The molecule has 2 rings (SSSR count). The van der Waals surface area contributed by atoms with Crippen LogP contribution in [0.5, 0.6) is 5.75 Å². The van der Waals surface area contributed by atoms with Crippen LogP contribution in [0, 0.1) is 5.92 Å². The maximum absolute atomic E-state index is 5.76. The van der Waals surface area contributed by atoms with Gasteiger partial charge in [0.05, 0.1) is 6.61 Å². The van der Waals surface area contributed by atoms with Gasteiger partial charge in [0, 0.05) is 6.54 Å². The van der Waals surface area contributed by atoms with E-state index >= 15 is 0 Å². The molecule has 0 bridgehead atoms. The lowest BCUT2D eigenvalue weighted by Gasteiger charge is -2.31. The Bertz CT molecular complexity index is 312. The first-order valence-corrected chi connectivity index (χ1v) is 6.78. The van der Waals surface area contributed by atoms with Crippen molar-refractivity contribution in [3.63, 3.8) is 0 Å². The standard InChI is InChI=1S/C15H23NO/c1-2-16-11-6-7-14(13-16)10-12-17-15-8-4-3-5-9-15/h3-5,8-9,14H,2,6-7,10-13H2,1H3. The molecule has 1 aromatic rings. The molecule has 0 spiro atoms. The van der Waals surface area contributed by atoms with Crippen LogP contribution in [0.1, 0.15) is 26.2 Å². The van der Waals surface area contributed by atoms with Gasteiger partial charge in [-0.15, -0.1) is 0 Å². The van der Waals surface area contributed by atoms with E-state index in [1.165, 1.54) is 38.9 Å². The van der Waals surface area contributed by atoms with Gasteiger partial charge in [0.15, 0.2) is 0 Å². The zero-order valence-electron chi connectivity index (χ0n) is 10.8. The minimum atomic E-state index is 0.826. The maximum Gasteiger partial charge on any atom is 0.119 e. The van der Waals surface area contributed by atoms with Crippen LogP contribution in [0.4, 0.5) is 0 Å². The number of hydrogen-bond acceptors (Lipinski definition) is 2. The van der Waals surface area contributed by atoms with E-state index in [4.69, 9.17) is 4.74 Å². The molecule has 2 heteroatoms. The summed E-state index contributed by atoms with van der Waals surface area (Å²) in [5.74, 6) is 1.82. The van der Waals surface area contributed by atoms with Crippen molar-refractivity contribution in [2.75, 3.05) is 26.2 Å². The molecule has 0 amide bonds. The van der Waals surface area contributed by atoms with Crippen molar-refractivity contribution in [2.24, 2.45) is 5.92 Å². The fraction of sp³-hybridized carbons (Fsp3) is 0.600. The zero-order chi connectivity index (χ0) is 11.9. The summed E-state index contributed by atoms with van der Waals surface area (Å²) in [4.78, 5) is 2.55. The van der Waals surface area contributed by atoms with Gasteiger partial charge in [-0.3, -0.25) is 0 Å². The van der Waals surface area contributed by atoms with Crippen molar-refractivity contribution in [1.29, 1.82) is 0 Å². The molecule has 1 saturated heterocycles. The highest BCUT2D eigenvalue weighted by atomic mass is 16.5. The van der Waals surface area contributed by atoms with E-state index in [9.17, 15) is 0 Å². The fourth-order valence-electron chi connectivity index (χ4n) is 2.53. The number of para-hydroxylation sites is 1. The molecule has 0 aromatic heterocycles. The first-order chi connectivity index (χ1) is 8.38. The first-order valence-electron chi connectivity index (χ1n) is 6.78. The summed E-state index contributed by atoms with van der Waals surface area (Å²) < 4.78 is 5.76. The van der Waals surface area contributed by atoms with E-state index < -0.39 is 0 Å². The van der Waals surface area contributed by atoms with Crippen molar-refractivity contribution >= 4 is 0 Å². The minimum Gasteiger partial charge on any atom is -0.494 e. The van der Waals surface area contributed by atoms with Crippen molar-refractivity contribution < 1.29 is 4.74 Å². The Kier molecular flexibility index (Phi) is 4.87. The summed E-state index contributed by atoms with van der Waals surface area (Å²) in [6.45, 7) is 6.84. The van der Waals surface area contributed by atoms with Crippen LogP contribution in [0.25, 0.3) is 0 Å². The van der Waals surface area contributed by atoms with Crippen LogP contribution in [0.15, 0.2) is 30.3 Å². The Morgan fingerprint density at radius 3 is 2.88 bits per heavy atom. The van der Waals surface area contributed by atoms with Crippen LogP contribution in [-0.4, -0.2) is 31.1 Å². The highest BCUT2D eigenvalue weighted by Gasteiger charge is 2.18. The zero-order valence-corrected chi connectivity index (χ0v) is 10.8. The molecule has 0 saturated carbocycles. The highest BCUT2D eigenvalue weighted by molar-refractivity contribution is 5.20. The number of benzene rings is 1. The van der Waals surface area contributed by atoms with Crippen molar-refractivity contribution in [3.05, 3.63) is 30.3 Å². The molecule has 1 heterocycles. The normalized spacial score (nSPS) is 21.4. The summed E-state index contributed by atoms with van der Waals surface area (Å²) in [5.41, 5.74) is 0. The molecule has 94 valence electrons. The van der Waals surface area contributed by atoms with Gasteiger partial charge < -0.3 is 9.64 Å². The number of piperidine rings is 1. The number of nitrogens with zero attached hydrogens (tertiary/aromatic N) is 1. The van der Waals surface area contributed by atoms with Crippen LogP contribution < -0.4 is 4.74 Å². The molecule has 1 aliphatic rings. The van der Waals surface area contributed by atoms with Gasteiger partial charge in [-0.1, -0.05) is 25.1 Å².